The van der Waals surface area contributed by atoms with Crippen molar-refractivity contribution in [3.8, 4) is 0 Å². The standard InChI is InChI=1S/C12H22N4/c1-6-7-10(3)16(5)11-9(2)8-14-12(13-4)15-11/h8,10H,6-7H2,1-5H3,(H,13,14,15). The lowest BCUT2D eigenvalue weighted by atomic mass is 10.1. The molecule has 0 aromatic carbocycles. The van der Waals surface area contributed by atoms with Gasteiger partial charge in [-0.15, -0.1) is 0 Å². The van der Waals surface area contributed by atoms with Crippen molar-refractivity contribution in [2.24, 2.45) is 0 Å². The predicted molar refractivity (Wildman–Crippen MR) is 69.1 cm³/mol. The van der Waals surface area contributed by atoms with Crippen molar-refractivity contribution in [2.75, 3.05) is 24.3 Å². The van der Waals surface area contributed by atoms with E-state index >= 15 is 0 Å². The molecular formula is C12H22N4. The fourth-order valence-corrected chi connectivity index (χ4v) is 1.73. The summed E-state index contributed by atoms with van der Waals surface area (Å²) >= 11 is 0. The molecule has 1 heterocycles. The van der Waals surface area contributed by atoms with E-state index in [0.717, 1.165) is 11.4 Å². The van der Waals surface area contributed by atoms with Crippen molar-refractivity contribution in [2.45, 2.75) is 39.7 Å². The summed E-state index contributed by atoms with van der Waals surface area (Å²) in [6.45, 7) is 6.48. The normalized spacial score (nSPS) is 12.3. The van der Waals surface area contributed by atoms with E-state index < -0.39 is 0 Å². The average molecular weight is 222 g/mol. The summed E-state index contributed by atoms with van der Waals surface area (Å²) in [5.41, 5.74) is 1.12. The van der Waals surface area contributed by atoms with Crippen LogP contribution in [0.3, 0.4) is 0 Å². The molecular weight excluding hydrogens is 200 g/mol. The number of hydrogen-bond acceptors (Lipinski definition) is 4. The van der Waals surface area contributed by atoms with E-state index in [1.807, 2.05) is 20.2 Å². The van der Waals surface area contributed by atoms with Crippen molar-refractivity contribution in [1.82, 2.24) is 9.97 Å². The van der Waals surface area contributed by atoms with Crippen LogP contribution in [0, 0.1) is 6.92 Å². The summed E-state index contributed by atoms with van der Waals surface area (Å²) in [6.07, 6.45) is 4.23. The first-order chi connectivity index (χ1) is 7.60. The monoisotopic (exact) mass is 222 g/mol. The van der Waals surface area contributed by atoms with Crippen LogP contribution in [0.2, 0.25) is 0 Å². The van der Waals surface area contributed by atoms with E-state index in [1.165, 1.54) is 12.8 Å². The van der Waals surface area contributed by atoms with Gasteiger partial charge < -0.3 is 10.2 Å². The zero-order chi connectivity index (χ0) is 12.1. The van der Waals surface area contributed by atoms with Crippen molar-refractivity contribution < 1.29 is 0 Å². The smallest absolute Gasteiger partial charge is 0.224 e. The highest BCUT2D eigenvalue weighted by Crippen LogP contribution is 2.20. The Morgan fingerprint density at radius 1 is 1.50 bits per heavy atom. The molecule has 0 bridgehead atoms. The maximum atomic E-state index is 4.50. The summed E-state index contributed by atoms with van der Waals surface area (Å²) in [5, 5.41) is 2.97. The SMILES string of the molecule is CCCC(C)N(C)c1nc(NC)ncc1C. The fraction of sp³-hybridized carbons (Fsp3) is 0.667. The number of aryl methyl sites for hydroxylation is 1. The van der Waals surface area contributed by atoms with Gasteiger partial charge in [-0.2, -0.15) is 4.98 Å². The maximum Gasteiger partial charge on any atom is 0.224 e. The predicted octanol–water partition coefficient (Wildman–Crippen LogP) is 2.45. The Morgan fingerprint density at radius 3 is 2.75 bits per heavy atom. The molecule has 16 heavy (non-hydrogen) atoms. The minimum absolute atomic E-state index is 0.503. The first kappa shape index (κ1) is 12.7. The molecule has 1 aromatic rings. The van der Waals surface area contributed by atoms with Gasteiger partial charge in [0.1, 0.15) is 5.82 Å². The Hall–Kier alpha value is -1.32. The fourth-order valence-electron chi connectivity index (χ4n) is 1.73. The zero-order valence-corrected chi connectivity index (χ0v) is 10.9. The van der Waals surface area contributed by atoms with Crippen LogP contribution in [0.4, 0.5) is 11.8 Å². The van der Waals surface area contributed by atoms with Crippen LogP contribution >= 0.6 is 0 Å². The summed E-state index contributed by atoms with van der Waals surface area (Å²) in [4.78, 5) is 10.9. The molecule has 1 aromatic heterocycles. The van der Waals surface area contributed by atoms with Gasteiger partial charge in [0, 0.05) is 31.9 Å². The summed E-state index contributed by atoms with van der Waals surface area (Å²) in [7, 11) is 3.93. The van der Waals surface area contributed by atoms with Crippen molar-refractivity contribution in [3.63, 3.8) is 0 Å². The molecule has 1 N–H and O–H groups in total. The lowest BCUT2D eigenvalue weighted by Crippen LogP contribution is -2.30. The van der Waals surface area contributed by atoms with E-state index in [0.29, 0.717) is 12.0 Å². The van der Waals surface area contributed by atoms with Gasteiger partial charge in [0.15, 0.2) is 0 Å². The highest BCUT2D eigenvalue weighted by atomic mass is 15.2. The third kappa shape index (κ3) is 2.84. The third-order valence-corrected chi connectivity index (χ3v) is 2.87. The molecule has 0 amide bonds. The summed E-state index contributed by atoms with van der Waals surface area (Å²) < 4.78 is 0. The summed E-state index contributed by atoms with van der Waals surface area (Å²) in [5.74, 6) is 1.69. The minimum Gasteiger partial charge on any atom is -0.357 e. The lowest BCUT2D eigenvalue weighted by Gasteiger charge is -2.27. The first-order valence-corrected chi connectivity index (χ1v) is 5.84. The average Bonchev–Trinajstić information content (AvgIpc) is 2.29. The molecule has 0 spiro atoms. The summed E-state index contributed by atoms with van der Waals surface area (Å²) in [6, 6.07) is 0.503. The molecule has 0 aliphatic rings. The van der Waals surface area contributed by atoms with Crippen LogP contribution < -0.4 is 10.2 Å². The topological polar surface area (TPSA) is 41.1 Å². The molecule has 1 atom stereocenters. The van der Waals surface area contributed by atoms with Gasteiger partial charge in [0.2, 0.25) is 5.95 Å². The highest BCUT2D eigenvalue weighted by Gasteiger charge is 2.13. The third-order valence-electron chi connectivity index (χ3n) is 2.87. The van der Waals surface area contributed by atoms with Crippen LogP contribution in [0.25, 0.3) is 0 Å². The highest BCUT2D eigenvalue weighted by molar-refractivity contribution is 5.48. The van der Waals surface area contributed by atoms with E-state index in [4.69, 9.17) is 0 Å². The number of anilines is 2. The van der Waals surface area contributed by atoms with Crippen LogP contribution in [0.5, 0.6) is 0 Å². The van der Waals surface area contributed by atoms with Gasteiger partial charge in [-0.05, 0) is 20.3 Å². The second kappa shape index (κ2) is 5.68. The van der Waals surface area contributed by atoms with Crippen LogP contribution in [0.15, 0.2) is 6.20 Å². The molecule has 1 rings (SSSR count). The molecule has 0 aliphatic heterocycles. The first-order valence-electron chi connectivity index (χ1n) is 5.84. The molecule has 0 radical (unpaired) electrons. The van der Waals surface area contributed by atoms with E-state index in [9.17, 15) is 0 Å². The van der Waals surface area contributed by atoms with E-state index in [2.05, 4.69) is 41.1 Å². The van der Waals surface area contributed by atoms with Gasteiger partial charge in [-0.1, -0.05) is 13.3 Å². The largest absolute Gasteiger partial charge is 0.357 e. The van der Waals surface area contributed by atoms with Crippen LogP contribution in [-0.4, -0.2) is 30.1 Å². The number of rotatable bonds is 5. The van der Waals surface area contributed by atoms with Crippen molar-refractivity contribution in [1.29, 1.82) is 0 Å². The van der Waals surface area contributed by atoms with Gasteiger partial charge in [-0.25, -0.2) is 4.98 Å². The molecule has 0 aliphatic carbocycles. The van der Waals surface area contributed by atoms with Gasteiger partial charge in [0.25, 0.3) is 0 Å². The Morgan fingerprint density at radius 2 is 2.19 bits per heavy atom. The Labute approximate surface area is 98.1 Å². The van der Waals surface area contributed by atoms with Gasteiger partial charge >= 0.3 is 0 Å². The molecule has 4 nitrogen and oxygen atoms in total. The number of nitrogens with one attached hydrogen (secondary N) is 1. The number of nitrogens with zero attached hydrogens (tertiary/aromatic N) is 3. The maximum absolute atomic E-state index is 4.50. The van der Waals surface area contributed by atoms with Gasteiger partial charge in [-0.3, -0.25) is 0 Å². The molecule has 0 fully saturated rings. The van der Waals surface area contributed by atoms with Crippen LogP contribution in [-0.2, 0) is 0 Å². The Kier molecular flexibility index (Phi) is 4.52. The lowest BCUT2D eigenvalue weighted by molar-refractivity contribution is 0.610. The van der Waals surface area contributed by atoms with Crippen molar-refractivity contribution >= 4 is 11.8 Å². The van der Waals surface area contributed by atoms with E-state index in [1.54, 1.807) is 0 Å². The number of aromatic nitrogens is 2. The Balaban J connectivity index is 2.92. The van der Waals surface area contributed by atoms with Crippen molar-refractivity contribution in [3.05, 3.63) is 11.8 Å². The van der Waals surface area contributed by atoms with E-state index in [-0.39, 0.29) is 0 Å². The quantitative estimate of drug-likeness (QED) is 0.831. The molecule has 0 saturated carbocycles. The Bertz CT molecular complexity index is 338. The minimum atomic E-state index is 0.503. The van der Waals surface area contributed by atoms with Crippen LogP contribution in [0.1, 0.15) is 32.3 Å². The molecule has 4 heteroatoms. The zero-order valence-electron chi connectivity index (χ0n) is 10.9. The molecule has 0 saturated heterocycles. The van der Waals surface area contributed by atoms with Gasteiger partial charge in [0.05, 0.1) is 0 Å². The molecule has 1 unspecified atom stereocenters. The molecule has 90 valence electrons. The second-order valence-corrected chi connectivity index (χ2v) is 4.20. The second-order valence-electron chi connectivity index (χ2n) is 4.20. The number of hydrogen-bond donors (Lipinski definition) is 1.